The number of carbonyl (C=O) groups is 2. The minimum Gasteiger partial charge on any atom is -0.493 e. The Labute approximate surface area is 119 Å². The molecule has 0 heterocycles. The van der Waals surface area contributed by atoms with E-state index < -0.39 is 0 Å². The molecule has 0 unspecified atom stereocenters. The van der Waals surface area contributed by atoms with Gasteiger partial charge in [0.05, 0.1) is 7.11 Å². The first kappa shape index (κ1) is 16.0. The summed E-state index contributed by atoms with van der Waals surface area (Å²) < 4.78 is 10.5. The molecule has 1 aromatic carbocycles. The Hall–Kier alpha value is -2.04. The van der Waals surface area contributed by atoms with Gasteiger partial charge in [0.1, 0.15) is 6.29 Å². The zero-order valence-electron chi connectivity index (χ0n) is 12.3. The highest BCUT2D eigenvalue weighted by Gasteiger charge is 2.12. The molecule has 0 saturated heterocycles. The predicted octanol–water partition coefficient (Wildman–Crippen LogP) is 2.05. The number of methoxy groups -OCH3 is 1. The van der Waals surface area contributed by atoms with Gasteiger partial charge in [-0.15, -0.1) is 0 Å². The molecule has 1 atom stereocenters. The number of benzene rings is 1. The van der Waals surface area contributed by atoms with Crippen molar-refractivity contribution in [1.82, 2.24) is 5.32 Å². The topological polar surface area (TPSA) is 64.6 Å². The second-order valence-corrected chi connectivity index (χ2v) is 4.92. The van der Waals surface area contributed by atoms with E-state index in [1.165, 1.54) is 7.11 Å². The van der Waals surface area contributed by atoms with Crippen LogP contribution in [0.5, 0.6) is 11.5 Å². The summed E-state index contributed by atoms with van der Waals surface area (Å²) in [7, 11) is 1.50. The van der Waals surface area contributed by atoms with Gasteiger partial charge in [0, 0.05) is 11.6 Å². The first-order valence-corrected chi connectivity index (χ1v) is 6.53. The Morgan fingerprint density at radius 2 is 2.00 bits per heavy atom. The van der Waals surface area contributed by atoms with Crippen molar-refractivity contribution in [2.24, 2.45) is 5.92 Å². The summed E-state index contributed by atoms with van der Waals surface area (Å²) in [5, 5.41) is 2.84. The molecule has 1 amide bonds. The second-order valence-electron chi connectivity index (χ2n) is 4.92. The molecule has 0 aromatic heterocycles. The Morgan fingerprint density at radius 3 is 2.55 bits per heavy atom. The highest BCUT2D eigenvalue weighted by Crippen LogP contribution is 2.27. The number of ether oxygens (including phenoxy) is 2. The van der Waals surface area contributed by atoms with Crippen LogP contribution >= 0.6 is 0 Å². The Bertz CT molecular complexity index is 471. The standard InChI is InChI=1S/C15H21NO4/c1-10(2)11(3)16-15(18)9-20-14-7-12(8-17)5-6-13(14)19-4/h5-8,10-11H,9H2,1-4H3,(H,16,18)/t11-/m0/s1. The van der Waals surface area contributed by atoms with Crippen LogP contribution in [0.15, 0.2) is 18.2 Å². The normalized spacial score (nSPS) is 11.8. The number of nitrogens with one attached hydrogen (secondary N) is 1. The minimum absolute atomic E-state index is 0.0781. The van der Waals surface area contributed by atoms with Crippen molar-refractivity contribution in [2.75, 3.05) is 13.7 Å². The molecule has 0 spiro atoms. The second kappa shape index (κ2) is 7.53. The molecule has 0 radical (unpaired) electrons. The molecular weight excluding hydrogens is 258 g/mol. The first-order valence-electron chi connectivity index (χ1n) is 6.53. The number of rotatable bonds is 7. The van der Waals surface area contributed by atoms with Crippen LogP contribution in [-0.4, -0.2) is 32.0 Å². The van der Waals surface area contributed by atoms with E-state index in [9.17, 15) is 9.59 Å². The van der Waals surface area contributed by atoms with Crippen LogP contribution in [0, 0.1) is 5.92 Å². The summed E-state index contributed by atoms with van der Waals surface area (Å²) in [6.07, 6.45) is 0.715. The zero-order chi connectivity index (χ0) is 15.1. The van der Waals surface area contributed by atoms with Gasteiger partial charge < -0.3 is 14.8 Å². The maximum atomic E-state index is 11.7. The lowest BCUT2D eigenvalue weighted by Gasteiger charge is -2.18. The summed E-state index contributed by atoms with van der Waals surface area (Å²) in [4.78, 5) is 22.5. The van der Waals surface area contributed by atoms with Crippen LogP contribution in [0.25, 0.3) is 0 Å². The molecule has 0 bridgehead atoms. The van der Waals surface area contributed by atoms with Crippen molar-refractivity contribution in [3.05, 3.63) is 23.8 Å². The lowest BCUT2D eigenvalue weighted by molar-refractivity contribution is -0.124. The van der Waals surface area contributed by atoms with Crippen LogP contribution in [0.3, 0.4) is 0 Å². The van der Waals surface area contributed by atoms with E-state index in [1.54, 1.807) is 18.2 Å². The maximum absolute atomic E-state index is 11.7. The van der Waals surface area contributed by atoms with Gasteiger partial charge in [-0.05, 0) is 31.0 Å². The fourth-order valence-corrected chi connectivity index (χ4v) is 1.48. The highest BCUT2D eigenvalue weighted by molar-refractivity contribution is 5.78. The number of hydrogen-bond donors (Lipinski definition) is 1. The Morgan fingerprint density at radius 1 is 1.30 bits per heavy atom. The van der Waals surface area contributed by atoms with Gasteiger partial charge >= 0.3 is 0 Å². The fraction of sp³-hybridized carbons (Fsp3) is 0.467. The van der Waals surface area contributed by atoms with Crippen molar-refractivity contribution >= 4 is 12.2 Å². The SMILES string of the molecule is COc1ccc(C=O)cc1OCC(=O)N[C@@H](C)C(C)C. The average Bonchev–Trinajstić information content (AvgIpc) is 2.44. The largest absolute Gasteiger partial charge is 0.493 e. The van der Waals surface area contributed by atoms with Crippen LogP contribution in [-0.2, 0) is 4.79 Å². The molecule has 0 saturated carbocycles. The highest BCUT2D eigenvalue weighted by atomic mass is 16.5. The summed E-state index contributed by atoms with van der Waals surface area (Å²) in [5.41, 5.74) is 0.469. The summed E-state index contributed by atoms with van der Waals surface area (Å²) in [6, 6.07) is 4.88. The molecule has 5 nitrogen and oxygen atoms in total. The predicted molar refractivity (Wildman–Crippen MR) is 76.3 cm³/mol. The van der Waals surface area contributed by atoms with Crippen LogP contribution in [0.4, 0.5) is 0 Å². The van der Waals surface area contributed by atoms with Gasteiger partial charge in [-0.1, -0.05) is 13.8 Å². The zero-order valence-corrected chi connectivity index (χ0v) is 12.3. The fourth-order valence-electron chi connectivity index (χ4n) is 1.48. The van der Waals surface area contributed by atoms with Crippen LogP contribution < -0.4 is 14.8 Å². The van der Waals surface area contributed by atoms with E-state index in [-0.39, 0.29) is 18.6 Å². The third-order valence-corrected chi connectivity index (χ3v) is 3.07. The quantitative estimate of drug-likeness (QED) is 0.776. The lowest BCUT2D eigenvalue weighted by atomic mass is 10.1. The molecule has 110 valence electrons. The van der Waals surface area contributed by atoms with E-state index >= 15 is 0 Å². The molecule has 0 aliphatic rings. The van der Waals surface area contributed by atoms with E-state index in [2.05, 4.69) is 5.32 Å². The Balaban J connectivity index is 2.64. The third kappa shape index (κ3) is 4.57. The van der Waals surface area contributed by atoms with Gasteiger partial charge in [-0.2, -0.15) is 0 Å². The molecule has 1 aromatic rings. The minimum atomic E-state index is -0.204. The molecule has 5 heteroatoms. The van der Waals surface area contributed by atoms with Gasteiger partial charge in [-0.3, -0.25) is 9.59 Å². The number of hydrogen-bond acceptors (Lipinski definition) is 4. The van der Waals surface area contributed by atoms with Gasteiger partial charge in [-0.25, -0.2) is 0 Å². The summed E-state index contributed by atoms with van der Waals surface area (Å²) in [5.74, 6) is 1.02. The number of aldehydes is 1. The number of amides is 1. The molecule has 1 rings (SSSR count). The summed E-state index contributed by atoms with van der Waals surface area (Å²) >= 11 is 0. The maximum Gasteiger partial charge on any atom is 0.258 e. The number of carbonyl (C=O) groups excluding carboxylic acids is 2. The van der Waals surface area contributed by atoms with Gasteiger partial charge in [0.25, 0.3) is 5.91 Å². The lowest BCUT2D eigenvalue weighted by Crippen LogP contribution is -2.38. The molecule has 20 heavy (non-hydrogen) atoms. The molecule has 0 aliphatic carbocycles. The molecule has 0 fully saturated rings. The molecular formula is C15H21NO4. The molecule has 0 aliphatic heterocycles. The van der Waals surface area contributed by atoms with E-state index in [4.69, 9.17) is 9.47 Å². The van der Waals surface area contributed by atoms with Crippen LogP contribution in [0.1, 0.15) is 31.1 Å². The van der Waals surface area contributed by atoms with E-state index in [0.717, 1.165) is 0 Å². The van der Waals surface area contributed by atoms with Gasteiger partial charge in [0.15, 0.2) is 18.1 Å². The summed E-state index contributed by atoms with van der Waals surface area (Å²) in [6.45, 7) is 5.89. The third-order valence-electron chi connectivity index (χ3n) is 3.07. The van der Waals surface area contributed by atoms with Crippen molar-refractivity contribution in [3.63, 3.8) is 0 Å². The van der Waals surface area contributed by atoms with Crippen molar-refractivity contribution in [1.29, 1.82) is 0 Å². The Kier molecular flexibility index (Phi) is 6.03. The van der Waals surface area contributed by atoms with Crippen molar-refractivity contribution in [2.45, 2.75) is 26.8 Å². The smallest absolute Gasteiger partial charge is 0.258 e. The average molecular weight is 279 g/mol. The van der Waals surface area contributed by atoms with Crippen molar-refractivity contribution < 1.29 is 19.1 Å². The van der Waals surface area contributed by atoms with E-state index in [1.807, 2.05) is 20.8 Å². The van der Waals surface area contributed by atoms with Gasteiger partial charge in [0.2, 0.25) is 0 Å². The molecule has 1 N–H and O–H groups in total. The van der Waals surface area contributed by atoms with E-state index in [0.29, 0.717) is 29.3 Å². The monoisotopic (exact) mass is 279 g/mol. The van der Waals surface area contributed by atoms with Crippen molar-refractivity contribution in [3.8, 4) is 11.5 Å². The van der Waals surface area contributed by atoms with Crippen LogP contribution in [0.2, 0.25) is 0 Å². The first-order chi connectivity index (χ1) is 9.47.